The van der Waals surface area contributed by atoms with E-state index in [2.05, 4.69) is 16.0 Å². The number of carbonyl (C=O) groups is 3. The minimum atomic E-state index is -0.445. The Balaban J connectivity index is 1.44. The summed E-state index contributed by atoms with van der Waals surface area (Å²) in [6, 6.07) is 31.3. The Kier molecular flexibility index (Phi) is 9.54. The van der Waals surface area contributed by atoms with Gasteiger partial charge in [0.1, 0.15) is 5.70 Å². The second kappa shape index (κ2) is 13.4. The molecule has 0 aliphatic heterocycles. The van der Waals surface area contributed by atoms with Gasteiger partial charge in [0, 0.05) is 21.8 Å². The lowest BCUT2D eigenvalue weighted by atomic mass is 10.1. The molecule has 1 unspecified atom stereocenters. The second-order valence-electron chi connectivity index (χ2n) is 9.28. The van der Waals surface area contributed by atoms with Crippen molar-refractivity contribution in [3.05, 3.63) is 131 Å². The van der Waals surface area contributed by atoms with Crippen LogP contribution in [-0.4, -0.2) is 23.0 Å². The van der Waals surface area contributed by atoms with Gasteiger partial charge in [-0.05, 0) is 86.0 Å². The summed E-state index contributed by atoms with van der Waals surface area (Å²) in [5, 5.41) is 8.29. The number of benzene rings is 4. The number of hydrogen-bond donors (Lipinski definition) is 3. The molecule has 4 aromatic carbocycles. The molecule has 3 amide bonds. The van der Waals surface area contributed by atoms with Crippen LogP contribution in [0.3, 0.4) is 0 Å². The summed E-state index contributed by atoms with van der Waals surface area (Å²) in [6.07, 6.45) is 1.67. The molecule has 7 heteroatoms. The van der Waals surface area contributed by atoms with Crippen LogP contribution in [0.4, 0.5) is 11.4 Å². The summed E-state index contributed by atoms with van der Waals surface area (Å²) in [5.41, 5.74) is 4.75. The molecule has 0 saturated carbocycles. The number of rotatable bonds is 9. The first-order valence-electron chi connectivity index (χ1n) is 12.9. The molecule has 6 nitrogen and oxygen atoms in total. The average Bonchev–Trinajstić information content (AvgIpc) is 2.96. The molecule has 4 aromatic rings. The van der Waals surface area contributed by atoms with Crippen LogP contribution in [0.5, 0.6) is 0 Å². The lowest BCUT2D eigenvalue weighted by molar-refractivity contribution is -0.115. The van der Waals surface area contributed by atoms with Crippen LogP contribution in [0.2, 0.25) is 0 Å². The van der Waals surface area contributed by atoms with Gasteiger partial charge in [0.05, 0.1) is 5.25 Å². The number of amides is 3. The van der Waals surface area contributed by atoms with Crippen molar-refractivity contribution in [3.63, 3.8) is 0 Å². The maximum Gasteiger partial charge on any atom is 0.272 e. The summed E-state index contributed by atoms with van der Waals surface area (Å²) >= 11 is 1.43. The predicted molar refractivity (Wildman–Crippen MR) is 163 cm³/mol. The van der Waals surface area contributed by atoms with Gasteiger partial charge < -0.3 is 16.0 Å². The van der Waals surface area contributed by atoms with E-state index in [1.54, 1.807) is 42.5 Å². The Hall–Kier alpha value is -4.62. The van der Waals surface area contributed by atoms with Crippen LogP contribution in [0.25, 0.3) is 6.08 Å². The van der Waals surface area contributed by atoms with Gasteiger partial charge in [0.2, 0.25) is 5.91 Å². The highest BCUT2D eigenvalue weighted by Gasteiger charge is 2.17. The zero-order valence-corrected chi connectivity index (χ0v) is 23.4. The molecule has 0 radical (unpaired) electrons. The van der Waals surface area contributed by atoms with E-state index < -0.39 is 5.91 Å². The van der Waals surface area contributed by atoms with E-state index in [0.29, 0.717) is 11.3 Å². The van der Waals surface area contributed by atoms with Crippen LogP contribution >= 0.6 is 11.8 Å². The molecule has 0 aromatic heterocycles. The van der Waals surface area contributed by atoms with Gasteiger partial charge in [-0.3, -0.25) is 14.4 Å². The first-order valence-corrected chi connectivity index (χ1v) is 13.8. The van der Waals surface area contributed by atoms with Gasteiger partial charge in [-0.15, -0.1) is 11.8 Å². The van der Waals surface area contributed by atoms with E-state index in [4.69, 9.17) is 0 Å². The van der Waals surface area contributed by atoms with Crippen molar-refractivity contribution in [2.45, 2.75) is 30.9 Å². The number of thioether (sulfide) groups is 1. The zero-order valence-electron chi connectivity index (χ0n) is 22.6. The molecule has 40 heavy (non-hydrogen) atoms. The topological polar surface area (TPSA) is 87.3 Å². The van der Waals surface area contributed by atoms with E-state index in [-0.39, 0.29) is 22.8 Å². The Bertz CT molecular complexity index is 1530. The lowest BCUT2D eigenvalue weighted by Gasteiger charge is -2.14. The lowest BCUT2D eigenvalue weighted by Crippen LogP contribution is -2.30. The molecule has 202 valence electrons. The smallest absolute Gasteiger partial charge is 0.272 e. The van der Waals surface area contributed by atoms with Gasteiger partial charge in [-0.2, -0.15) is 0 Å². The predicted octanol–water partition coefficient (Wildman–Crippen LogP) is 6.83. The van der Waals surface area contributed by atoms with E-state index in [0.717, 1.165) is 27.3 Å². The Morgan fingerprint density at radius 1 is 0.725 bits per heavy atom. The van der Waals surface area contributed by atoms with Gasteiger partial charge >= 0.3 is 0 Å². The van der Waals surface area contributed by atoms with E-state index in [9.17, 15) is 14.4 Å². The number of aryl methyl sites for hydroxylation is 2. The SMILES string of the molecule is Cc1ccccc1/C=C(\NC(=O)c1ccccc1)C(=O)Nc1ccc(SC(C)C(=O)Nc2ccccc2C)cc1. The molecule has 0 aliphatic carbocycles. The van der Waals surface area contributed by atoms with Crippen molar-refractivity contribution >= 4 is 46.9 Å². The summed E-state index contributed by atoms with van der Waals surface area (Å²) in [6.45, 7) is 5.75. The van der Waals surface area contributed by atoms with Gasteiger partial charge in [0.25, 0.3) is 11.8 Å². The number of anilines is 2. The molecular formula is C33H31N3O3S. The quantitative estimate of drug-likeness (QED) is 0.158. The van der Waals surface area contributed by atoms with Crippen molar-refractivity contribution in [1.29, 1.82) is 0 Å². The molecule has 3 N–H and O–H groups in total. The van der Waals surface area contributed by atoms with Crippen LogP contribution in [-0.2, 0) is 9.59 Å². The third-order valence-electron chi connectivity index (χ3n) is 6.21. The van der Waals surface area contributed by atoms with Crippen LogP contribution in [0, 0.1) is 13.8 Å². The molecule has 0 aliphatic rings. The second-order valence-corrected chi connectivity index (χ2v) is 10.7. The summed E-state index contributed by atoms with van der Waals surface area (Å²) < 4.78 is 0. The number of carbonyl (C=O) groups excluding carboxylic acids is 3. The Labute approximate surface area is 238 Å². The normalized spacial score (nSPS) is 11.8. The van der Waals surface area contributed by atoms with Gasteiger partial charge in [0.15, 0.2) is 0 Å². The summed E-state index contributed by atoms with van der Waals surface area (Å²) in [4.78, 5) is 39.7. The average molecular weight is 550 g/mol. The van der Waals surface area contributed by atoms with E-state index in [1.807, 2.05) is 87.5 Å². The van der Waals surface area contributed by atoms with Gasteiger partial charge in [-0.25, -0.2) is 0 Å². The van der Waals surface area contributed by atoms with Crippen molar-refractivity contribution in [3.8, 4) is 0 Å². The molecule has 0 fully saturated rings. The van der Waals surface area contributed by atoms with Crippen molar-refractivity contribution < 1.29 is 14.4 Å². The molecule has 0 bridgehead atoms. The van der Waals surface area contributed by atoms with Crippen LogP contribution in [0.15, 0.2) is 114 Å². The highest BCUT2D eigenvalue weighted by atomic mass is 32.2. The van der Waals surface area contributed by atoms with E-state index in [1.165, 1.54) is 11.8 Å². The van der Waals surface area contributed by atoms with E-state index >= 15 is 0 Å². The molecule has 1 atom stereocenters. The first kappa shape index (κ1) is 28.4. The number of para-hydroxylation sites is 1. The fourth-order valence-corrected chi connectivity index (χ4v) is 4.73. The Morgan fingerprint density at radius 2 is 1.35 bits per heavy atom. The number of hydrogen-bond acceptors (Lipinski definition) is 4. The minimum absolute atomic E-state index is 0.0863. The molecule has 0 heterocycles. The maximum absolute atomic E-state index is 13.3. The highest BCUT2D eigenvalue weighted by molar-refractivity contribution is 8.00. The number of nitrogens with one attached hydrogen (secondary N) is 3. The van der Waals surface area contributed by atoms with Crippen molar-refractivity contribution in [2.75, 3.05) is 10.6 Å². The third kappa shape index (κ3) is 7.71. The fourth-order valence-electron chi connectivity index (χ4n) is 3.87. The molecular weight excluding hydrogens is 518 g/mol. The first-order chi connectivity index (χ1) is 19.3. The molecule has 0 saturated heterocycles. The maximum atomic E-state index is 13.3. The Morgan fingerprint density at radius 3 is 2.02 bits per heavy atom. The van der Waals surface area contributed by atoms with Crippen LogP contribution < -0.4 is 16.0 Å². The fraction of sp³-hybridized carbons (Fsp3) is 0.121. The third-order valence-corrected chi connectivity index (χ3v) is 7.33. The standard InChI is InChI=1S/C33H31N3O3S/c1-22-11-7-9-15-26(22)21-30(36-32(38)25-13-5-4-6-14-25)33(39)34-27-17-19-28(20-18-27)40-24(3)31(37)35-29-16-10-8-12-23(29)2/h4-21,24H,1-3H3,(H,34,39)(H,35,37)(H,36,38)/b30-21-. The summed E-state index contributed by atoms with van der Waals surface area (Å²) in [7, 11) is 0. The largest absolute Gasteiger partial charge is 0.325 e. The minimum Gasteiger partial charge on any atom is -0.325 e. The highest BCUT2D eigenvalue weighted by Crippen LogP contribution is 2.26. The molecule has 4 rings (SSSR count). The van der Waals surface area contributed by atoms with Crippen molar-refractivity contribution in [1.82, 2.24) is 5.32 Å². The molecule has 0 spiro atoms. The summed E-state index contributed by atoms with van der Waals surface area (Å²) in [5.74, 6) is -0.906. The van der Waals surface area contributed by atoms with Gasteiger partial charge in [-0.1, -0.05) is 60.7 Å². The zero-order chi connectivity index (χ0) is 28.5. The monoisotopic (exact) mass is 549 g/mol. The van der Waals surface area contributed by atoms with Crippen LogP contribution in [0.1, 0.15) is 34.0 Å². The van der Waals surface area contributed by atoms with Crippen molar-refractivity contribution in [2.24, 2.45) is 0 Å².